The van der Waals surface area contributed by atoms with Crippen LogP contribution in [0.4, 0.5) is 11.4 Å². The van der Waals surface area contributed by atoms with Crippen LogP contribution >= 0.6 is 0 Å². The highest BCUT2D eigenvalue weighted by Gasteiger charge is 2.16. The summed E-state index contributed by atoms with van der Waals surface area (Å²) in [5.74, 6) is -0.0127. The molecule has 5 rings (SSSR count). The fraction of sp³-hybridized carbons (Fsp3) is 0.240. The number of benzene rings is 1. The van der Waals surface area contributed by atoms with E-state index in [0.29, 0.717) is 11.6 Å². The van der Waals surface area contributed by atoms with Crippen molar-refractivity contribution in [3.63, 3.8) is 0 Å². The van der Waals surface area contributed by atoms with Crippen molar-refractivity contribution in [2.24, 2.45) is 0 Å². The van der Waals surface area contributed by atoms with Gasteiger partial charge in [0.1, 0.15) is 0 Å². The molecule has 0 atom stereocenters. The highest BCUT2D eigenvalue weighted by atomic mass is 16.1. The van der Waals surface area contributed by atoms with E-state index in [4.69, 9.17) is 0 Å². The Morgan fingerprint density at radius 1 is 1.03 bits per heavy atom. The summed E-state index contributed by atoms with van der Waals surface area (Å²) < 4.78 is 1.95. The summed E-state index contributed by atoms with van der Waals surface area (Å²) >= 11 is 0. The maximum atomic E-state index is 12.5. The minimum absolute atomic E-state index is 0.0127. The number of imidazole rings is 1. The van der Waals surface area contributed by atoms with Crippen LogP contribution in [0.25, 0.3) is 16.9 Å². The zero-order valence-corrected chi connectivity index (χ0v) is 17.7. The first-order chi connectivity index (χ1) is 15.7. The molecule has 1 aromatic carbocycles. The third kappa shape index (κ3) is 4.14. The largest absolute Gasteiger partial charge is 0.352 e. The van der Waals surface area contributed by atoms with Gasteiger partial charge in [0.05, 0.1) is 11.4 Å². The van der Waals surface area contributed by atoms with Crippen molar-refractivity contribution in [3.05, 3.63) is 83.0 Å². The van der Waals surface area contributed by atoms with Crippen molar-refractivity contribution in [2.75, 3.05) is 5.32 Å². The molecule has 162 valence electrons. The lowest BCUT2D eigenvalue weighted by Gasteiger charge is -2.22. The van der Waals surface area contributed by atoms with Crippen molar-refractivity contribution >= 4 is 22.9 Å². The SMILES string of the molecule is O=C(NC1CCCCC1)c1ccc(Nc2ccc(-c3cc[nH]c(=O)c3)n3ccnc23)cc1. The van der Waals surface area contributed by atoms with Gasteiger partial charge in [-0.1, -0.05) is 19.3 Å². The molecule has 0 unspecified atom stereocenters. The number of rotatable bonds is 5. The molecule has 4 aromatic rings. The second kappa shape index (κ2) is 8.70. The van der Waals surface area contributed by atoms with Crippen LogP contribution in [0.5, 0.6) is 0 Å². The Morgan fingerprint density at radius 3 is 2.62 bits per heavy atom. The molecule has 7 heteroatoms. The van der Waals surface area contributed by atoms with Gasteiger partial charge < -0.3 is 15.6 Å². The molecule has 0 radical (unpaired) electrons. The standard InChI is InChI=1S/C25H25N5O2/c31-23-16-18(12-13-26-23)22-11-10-21(24-27-14-15-30(22)24)28-20-8-6-17(7-9-20)25(32)29-19-4-2-1-3-5-19/h6-16,19,28H,1-5H2,(H,26,31)(H,29,32). The van der Waals surface area contributed by atoms with Crippen LogP contribution in [-0.4, -0.2) is 26.3 Å². The molecule has 0 aliphatic heterocycles. The number of carbonyl (C=O) groups is 1. The molecule has 1 aliphatic rings. The second-order valence-corrected chi connectivity index (χ2v) is 8.21. The van der Waals surface area contributed by atoms with Gasteiger partial charge in [-0.3, -0.25) is 14.0 Å². The third-order valence-electron chi connectivity index (χ3n) is 5.99. The lowest BCUT2D eigenvalue weighted by Crippen LogP contribution is -2.36. The van der Waals surface area contributed by atoms with Crippen LogP contribution < -0.4 is 16.2 Å². The summed E-state index contributed by atoms with van der Waals surface area (Å²) in [5, 5.41) is 6.54. The molecular formula is C25H25N5O2. The van der Waals surface area contributed by atoms with E-state index in [1.165, 1.54) is 19.3 Å². The first-order valence-electron chi connectivity index (χ1n) is 11.0. The molecule has 1 aliphatic carbocycles. The van der Waals surface area contributed by atoms with Crippen LogP contribution in [0.2, 0.25) is 0 Å². The fourth-order valence-electron chi connectivity index (χ4n) is 4.33. The van der Waals surface area contributed by atoms with Crippen LogP contribution in [0.15, 0.2) is 71.9 Å². The monoisotopic (exact) mass is 427 g/mol. The molecule has 0 bridgehead atoms. The first-order valence-corrected chi connectivity index (χ1v) is 11.0. The van der Waals surface area contributed by atoms with E-state index in [2.05, 4.69) is 20.6 Å². The number of fused-ring (bicyclic) bond motifs is 1. The average Bonchev–Trinajstić information content (AvgIpc) is 3.31. The van der Waals surface area contributed by atoms with Crippen LogP contribution in [0.3, 0.4) is 0 Å². The minimum atomic E-state index is -0.148. The summed E-state index contributed by atoms with van der Waals surface area (Å²) in [6, 6.07) is 15.1. The Labute approximate surface area is 185 Å². The Morgan fingerprint density at radius 2 is 1.84 bits per heavy atom. The highest BCUT2D eigenvalue weighted by Crippen LogP contribution is 2.27. The fourth-order valence-corrected chi connectivity index (χ4v) is 4.33. The minimum Gasteiger partial charge on any atom is -0.352 e. The number of carbonyl (C=O) groups excluding carboxylic acids is 1. The number of nitrogens with zero attached hydrogens (tertiary/aromatic N) is 2. The molecular weight excluding hydrogens is 402 g/mol. The molecule has 0 spiro atoms. The van der Waals surface area contributed by atoms with Crippen LogP contribution in [0, 0.1) is 0 Å². The maximum Gasteiger partial charge on any atom is 0.251 e. The topological polar surface area (TPSA) is 91.3 Å². The number of pyridine rings is 2. The first kappa shape index (κ1) is 20.1. The number of aromatic amines is 1. The van der Waals surface area contributed by atoms with Crippen LogP contribution in [0.1, 0.15) is 42.5 Å². The number of hydrogen-bond donors (Lipinski definition) is 3. The Balaban J connectivity index is 1.35. The van der Waals surface area contributed by atoms with E-state index in [9.17, 15) is 9.59 Å². The molecule has 1 saturated carbocycles. The van der Waals surface area contributed by atoms with E-state index >= 15 is 0 Å². The predicted octanol–water partition coefficient (Wildman–Crippen LogP) is 4.50. The molecule has 0 saturated heterocycles. The van der Waals surface area contributed by atoms with E-state index in [1.807, 2.05) is 53.1 Å². The Kier molecular flexibility index (Phi) is 5.46. The van der Waals surface area contributed by atoms with Crippen molar-refractivity contribution < 1.29 is 4.79 Å². The summed E-state index contributed by atoms with van der Waals surface area (Å²) in [5.41, 5.74) is 4.67. The van der Waals surface area contributed by atoms with Gasteiger partial charge in [0, 0.05) is 47.5 Å². The van der Waals surface area contributed by atoms with Gasteiger partial charge in [0.2, 0.25) is 5.56 Å². The molecule has 3 aromatic heterocycles. The Hall–Kier alpha value is -3.87. The third-order valence-corrected chi connectivity index (χ3v) is 5.99. The quantitative estimate of drug-likeness (QED) is 0.437. The van der Waals surface area contributed by atoms with Crippen LogP contribution in [-0.2, 0) is 0 Å². The second-order valence-electron chi connectivity index (χ2n) is 8.21. The lowest BCUT2D eigenvalue weighted by molar-refractivity contribution is 0.0927. The smallest absolute Gasteiger partial charge is 0.251 e. The Bertz CT molecular complexity index is 1300. The predicted molar refractivity (Wildman–Crippen MR) is 125 cm³/mol. The van der Waals surface area contributed by atoms with Gasteiger partial charge in [-0.15, -0.1) is 0 Å². The van der Waals surface area contributed by atoms with Crippen molar-refractivity contribution in [3.8, 4) is 11.3 Å². The van der Waals surface area contributed by atoms with Gasteiger partial charge in [-0.25, -0.2) is 4.98 Å². The summed E-state index contributed by atoms with van der Waals surface area (Å²) in [6.07, 6.45) is 11.0. The van der Waals surface area contributed by atoms with Gasteiger partial charge in [-0.2, -0.15) is 0 Å². The maximum absolute atomic E-state index is 12.5. The van der Waals surface area contributed by atoms with Crippen molar-refractivity contribution in [2.45, 2.75) is 38.1 Å². The zero-order valence-electron chi connectivity index (χ0n) is 17.7. The molecule has 1 amide bonds. The molecule has 7 nitrogen and oxygen atoms in total. The lowest BCUT2D eigenvalue weighted by atomic mass is 9.95. The number of H-pyrrole nitrogens is 1. The number of amides is 1. The number of aromatic nitrogens is 3. The zero-order chi connectivity index (χ0) is 21.9. The average molecular weight is 428 g/mol. The van der Waals surface area contributed by atoms with Gasteiger partial charge in [0.25, 0.3) is 5.91 Å². The van der Waals surface area contributed by atoms with Gasteiger partial charge in [0.15, 0.2) is 5.65 Å². The van der Waals surface area contributed by atoms with E-state index in [1.54, 1.807) is 18.5 Å². The molecule has 32 heavy (non-hydrogen) atoms. The highest BCUT2D eigenvalue weighted by molar-refractivity contribution is 5.95. The van der Waals surface area contributed by atoms with Crippen molar-refractivity contribution in [1.29, 1.82) is 0 Å². The molecule has 3 N–H and O–H groups in total. The van der Waals surface area contributed by atoms with Gasteiger partial charge in [-0.05, 0) is 55.3 Å². The number of anilines is 2. The summed E-state index contributed by atoms with van der Waals surface area (Å²) in [4.78, 5) is 31.4. The summed E-state index contributed by atoms with van der Waals surface area (Å²) in [7, 11) is 0. The normalized spacial score (nSPS) is 14.4. The van der Waals surface area contributed by atoms with E-state index in [-0.39, 0.29) is 11.5 Å². The number of nitrogens with one attached hydrogen (secondary N) is 3. The summed E-state index contributed by atoms with van der Waals surface area (Å²) in [6.45, 7) is 0. The van der Waals surface area contributed by atoms with E-state index < -0.39 is 0 Å². The van der Waals surface area contributed by atoms with Gasteiger partial charge >= 0.3 is 0 Å². The molecule has 1 fully saturated rings. The molecule has 3 heterocycles. The van der Waals surface area contributed by atoms with Crippen molar-refractivity contribution in [1.82, 2.24) is 19.7 Å². The number of hydrogen-bond acceptors (Lipinski definition) is 4. The van der Waals surface area contributed by atoms with E-state index in [0.717, 1.165) is 41.1 Å².